The molecule has 7 heteroatoms. The topological polar surface area (TPSA) is 55.9 Å². The lowest BCUT2D eigenvalue weighted by molar-refractivity contribution is -0.141. The van der Waals surface area contributed by atoms with Crippen molar-refractivity contribution >= 4 is 24.3 Å². The molecular formula is C16H29ClN4O2. The van der Waals surface area contributed by atoms with Crippen LogP contribution >= 0.6 is 12.4 Å². The maximum absolute atomic E-state index is 12.9. The van der Waals surface area contributed by atoms with Gasteiger partial charge in [-0.15, -0.1) is 12.4 Å². The molecule has 2 bridgehead atoms. The summed E-state index contributed by atoms with van der Waals surface area (Å²) in [5, 5.41) is 3.48. The number of urea groups is 1. The van der Waals surface area contributed by atoms with Gasteiger partial charge in [0.15, 0.2) is 0 Å². The van der Waals surface area contributed by atoms with E-state index in [1.54, 1.807) is 19.0 Å². The first kappa shape index (κ1) is 18.3. The van der Waals surface area contributed by atoms with Crippen LogP contribution in [-0.2, 0) is 4.79 Å². The number of fused-ring (bicyclic) bond motifs is 4. The highest BCUT2D eigenvalue weighted by Gasteiger charge is 2.38. The SMILES string of the molecule is CN(C)C(=O)N1CCC(C(=O)N2C[C@@H]3CC[C@H]2CNC3)CC1.Cl. The molecule has 0 aromatic carbocycles. The molecule has 23 heavy (non-hydrogen) atoms. The van der Waals surface area contributed by atoms with Gasteiger partial charge >= 0.3 is 6.03 Å². The predicted octanol–water partition coefficient (Wildman–Crippen LogP) is 1.01. The molecule has 4 rings (SSSR count). The summed E-state index contributed by atoms with van der Waals surface area (Å²) in [5.41, 5.74) is 0. The Kier molecular flexibility index (Phi) is 6.14. The van der Waals surface area contributed by atoms with Gasteiger partial charge in [-0.2, -0.15) is 0 Å². The minimum absolute atomic E-state index is 0. The number of halogens is 1. The van der Waals surface area contributed by atoms with Crippen molar-refractivity contribution in [1.29, 1.82) is 0 Å². The lowest BCUT2D eigenvalue weighted by atomic mass is 9.90. The van der Waals surface area contributed by atoms with E-state index in [9.17, 15) is 9.59 Å². The third-order valence-corrected chi connectivity index (χ3v) is 5.40. The monoisotopic (exact) mass is 344 g/mol. The molecule has 0 aliphatic carbocycles. The van der Waals surface area contributed by atoms with Crippen LogP contribution in [0.4, 0.5) is 4.79 Å². The smallest absolute Gasteiger partial charge is 0.319 e. The molecule has 4 aliphatic rings. The number of rotatable bonds is 1. The van der Waals surface area contributed by atoms with Crippen LogP contribution < -0.4 is 5.32 Å². The lowest BCUT2D eigenvalue weighted by Crippen LogP contribution is -2.52. The molecule has 3 amide bonds. The number of carbonyl (C=O) groups is 2. The Balaban J connectivity index is 0.00000192. The average molecular weight is 345 g/mol. The van der Waals surface area contributed by atoms with Gasteiger partial charge in [-0.25, -0.2) is 4.79 Å². The molecular weight excluding hydrogens is 316 g/mol. The van der Waals surface area contributed by atoms with Gasteiger partial charge in [-0.05, 0) is 38.1 Å². The first-order valence-corrected chi connectivity index (χ1v) is 8.53. The van der Waals surface area contributed by atoms with Gasteiger partial charge in [0.1, 0.15) is 0 Å². The maximum Gasteiger partial charge on any atom is 0.319 e. The number of carbonyl (C=O) groups excluding carboxylic acids is 2. The highest BCUT2D eigenvalue weighted by atomic mass is 35.5. The van der Waals surface area contributed by atoms with Crippen LogP contribution in [-0.4, -0.2) is 79.5 Å². The van der Waals surface area contributed by atoms with E-state index >= 15 is 0 Å². The minimum atomic E-state index is 0. The molecule has 132 valence electrons. The van der Waals surface area contributed by atoms with Crippen molar-refractivity contribution in [3.8, 4) is 0 Å². The van der Waals surface area contributed by atoms with Crippen molar-refractivity contribution < 1.29 is 9.59 Å². The van der Waals surface area contributed by atoms with Crippen molar-refractivity contribution in [2.24, 2.45) is 11.8 Å². The molecule has 0 aromatic rings. The normalized spacial score (nSPS) is 28.1. The summed E-state index contributed by atoms with van der Waals surface area (Å²) in [6, 6.07) is 0.441. The number of hydrogen-bond donors (Lipinski definition) is 1. The van der Waals surface area contributed by atoms with Crippen molar-refractivity contribution in [1.82, 2.24) is 20.0 Å². The Morgan fingerprint density at radius 2 is 1.74 bits per heavy atom. The van der Waals surface area contributed by atoms with Crippen LogP contribution in [0.3, 0.4) is 0 Å². The van der Waals surface area contributed by atoms with Crippen LogP contribution in [0.15, 0.2) is 0 Å². The summed E-state index contributed by atoms with van der Waals surface area (Å²) in [4.78, 5) is 30.5. The van der Waals surface area contributed by atoms with Crippen molar-refractivity contribution in [2.75, 3.05) is 46.8 Å². The van der Waals surface area contributed by atoms with Crippen molar-refractivity contribution in [3.63, 3.8) is 0 Å². The Morgan fingerprint density at radius 1 is 1.04 bits per heavy atom. The number of hydrogen-bond acceptors (Lipinski definition) is 3. The van der Waals surface area contributed by atoms with E-state index in [2.05, 4.69) is 10.2 Å². The first-order chi connectivity index (χ1) is 10.6. The standard InChI is InChI=1S/C16H28N4O2.ClH/c1-18(2)16(22)19-7-5-13(6-8-19)15(21)20-11-12-3-4-14(20)10-17-9-12;/h12-14,17H,3-11H2,1-2H3;1H/t12-,14+;/m1./s1. The van der Waals surface area contributed by atoms with E-state index < -0.39 is 0 Å². The molecule has 1 N–H and O–H groups in total. The molecule has 0 aromatic heterocycles. The van der Waals surface area contributed by atoms with Crippen LogP contribution in [0.2, 0.25) is 0 Å². The van der Waals surface area contributed by atoms with E-state index in [1.165, 1.54) is 6.42 Å². The average Bonchev–Trinajstić information content (AvgIpc) is 2.89. The van der Waals surface area contributed by atoms with Gasteiger partial charge in [0.25, 0.3) is 0 Å². The number of nitrogens with one attached hydrogen (secondary N) is 1. The molecule has 4 fully saturated rings. The molecule has 0 spiro atoms. The van der Waals surface area contributed by atoms with Gasteiger partial charge in [-0.3, -0.25) is 4.79 Å². The molecule has 0 unspecified atom stereocenters. The van der Waals surface area contributed by atoms with E-state index in [0.29, 0.717) is 31.0 Å². The van der Waals surface area contributed by atoms with Gasteiger partial charge in [0.05, 0.1) is 0 Å². The summed E-state index contributed by atoms with van der Waals surface area (Å²) in [6.07, 6.45) is 4.00. The first-order valence-electron chi connectivity index (χ1n) is 8.53. The Labute approximate surface area is 145 Å². The minimum Gasteiger partial charge on any atom is -0.338 e. The number of likely N-dealkylation sites (tertiary alicyclic amines) is 1. The molecule has 4 saturated heterocycles. The van der Waals surface area contributed by atoms with E-state index in [1.807, 2.05) is 4.90 Å². The molecule has 4 heterocycles. The molecule has 0 radical (unpaired) electrons. The highest BCUT2D eigenvalue weighted by Crippen LogP contribution is 2.28. The third-order valence-electron chi connectivity index (χ3n) is 5.40. The predicted molar refractivity (Wildman–Crippen MR) is 91.7 cm³/mol. The van der Waals surface area contributed by atoms with Crippen LogP contribution in [0.25, 0.3) is 0 Å². The largest absolute Gasteiger partial charge is 0.338 e. The quantitative estimate of drug-likeness (QED) is 0.772. The third kappa shape index (κ3) is 3.91. The summed E-state index contributed by atoms with van der Waals surface area (Å²) in [5.74, 6) is 1.05. The van der Waals surface area contributed by atoms with Crippen LogP contribution in [0.5, 0.6) is 0 Å². The van der Waals surface area contributed by atoms with Gasteiger partial charge < -0.3 is 20.0 Å². The van der Waals surface area contributed by atoms with E-state index in [-0.39, 0.29) is 24.4 Å². The number of piperidine rings is 2. The van der Waals surface area contributed by atoms with Crippen LogP contribution in [0.1, 0.15) is 25.7 Å². The zero-order valence-electron chi connectivity index (χ0n) is 14.2. The second kappa shape index (κ2) is 7.71. The summed E-state index contributed by atoms with van der Waals surface area (Å²) in [7, 11) is 3.56. The number of amides is 3. The van der Waals surface area contributed by atoms with Gasteiger partial charge in [0, 0.05) is 52.2 Å². The number of nitrogens with zero attached hydrogens (tertiary/aromatic N) is 3. The summed E-state index contributed by atoms with van der Waals surface area (Å²) in [6.45, 7) is 4.32. The molecule has 4 aliphatic heterocycles. The highest BCUT2D eigenvalue weighted by molar-refractivity contribution is 5.85. The second-order valence-electron chi connectivity index (χ2n) is 7.18. The van der Waals surface area contributed by atoms with E-state index in [0.717, 1.165) is 38.9 Å². The summed E-state index contributed by atoms with van der Waals surface area (Å²) >= 11 is 0. The fraction of sp³-hybridized carbons (Fsp3) is 0.875. The second-order valence-corrected chi connectivity index (χ2v) is 7.18. The fourth-order valence-electron chi connectivity index (χ4n) is 4.04. The van der Waals surface area contributed by atoms with Crippen molar-refractivity contribution in [2.45, 2.75) is 31.7 Å². The molecule has 6 nitrogen and oxygen atoms in total. The van der Waals surface area contributed by atoms with Crippen LogP contribution in [0, 0.1) is 11.8 Å². The zero-order chi connectivity index (χ0) is 15.7. The lowest BCUT2D eigenvalue weighted by Gasteiger charge is -2.40. The fourth-order valence-corrected chi connectivity index (χ4v) is 4.04. The summed E-state index contributed by atoms with van der Waals surface area (Å²) < 4.78 is 0. The van der Waals surface area contributed by atoms with Gasteiger partial charge in [0.2, 0.25) is 5.91 Å². The zero-order valence-corrected chi connectivity index (χ0v) is 15.0. The van der Waals surface area contributed by atoms with Crippen molar-refractivity contribution in [3.05, 3.63) is 0 Å². The molecule has 2 atom stereocenters. The Bertz CT molecular complexity index is 434. The maximum atomic E-state index is 12.9. The van der Waals surface area contributed by atoms with E-state index in [4.69, 9.17) is 0 Å². The van der Waals surface area contributed by atoms with Gasteiger partial charge in [-0.1, -0.05) is 0 Å². The molecule has 0 saturated carbocycles. The Hall–Kier alpha value is -1.01. The Morgan fingerprint density at radius 3 is 2.39 bits per heavy atom.